The number of hydrogen-bond acceptors (Lipinski definition) is 4. The Morgan fingerprint density at radius 2 is 1.92 bits per heavy atom. The SMILES string of the molecule is Cn1ccc(N(Cc2ccc(C(=O)O)cc2)c2ccc(F)cn2)n1. The minimum absolute atomic E-state index is 0.225. The second-order valence-corrected chi connectivity index (χ2v) is 5.27. The molecule has 0 unspecified atom stereocenters. The van der Waals surface area contributed by atoms with E-state index in [2.05, 4.69) is 10.1 Å². The van der Waals surface area contributed by atoms with Gasteiger partial charge in [-0.15, -0.1) is 0 Å². The Balaban J connectivity index is 1.92. The molecular formula is C17H15FN4O2. The number of nitrogens with zero attached hydrogens (tertiary/aromatic N) is 4. The first-order chi connectivity index (χ1) is 11.5. The summed E-state index contributed by atoms with van der Waals surface area (Å²) in [4.78, 5) is 16.9. The van der Waals surface area contributed by atoms with Crippen LogP contribution >= 0.6 is 0 Å². The number of aryl methyl sites for hydroxylation is 1. The Labute approximate surface area is 137 Å². The molecule has 2 heterocycles. The first-order valence-corrected chi connectivity index (χ1v) is 7.24. The monoisotopic (exact) mass is 326 g/mol. The number of anilines is 2. The Kier molecular flexibility index (Phi) is 4.24. The first-order valence-electron chi connectivity index (χ1n) is 7.24. The Hall–Kier alpha value is -3.22. The quantitative estimate of drug-likeness (QED) is 0.780. The van der Waals surface area contributed by atoms with Crippen molar-refractivity contribution in [3.05, 3.63) is 71.8 Å². The average molecular weight is 326 g/mol. The number of hydrogen-bond donors (Lipinski definition) is 1. The fraction of sp³-hybridized carbons (Fsp3) is 0.118. The molecular weight excluding hydrogens is 311 g/mol. The largest absolute Gasteiger partial charge is 0.478 e. The van der Waals surface area contributed by atoms with Crippen molar-refractivity contribution in [1.29, 1.82) is 0 Å². The van der Waals surface area contributed by atoms with E-state index in [9.17, 15) is 9.18 Å². The smallest absolute Gasteiger partial charge is 0.335 e. The molecule has 1 aromatic carbocycles. The number of benzene rings is 1. The normalized spacial score (nSPS) is 10.6. The highest BCUT2D eigenvalue weighted by Crippen LogP contribution is 2.24. The molecule has 0 atom stereocenters. The van der Waals surface area contributed by atoms with Crippen LogP contribution in [-0.4, -0.2) is 25.8 Å². The van der Waals surface area contributed by atoms with Crippen LogP contribution in [0.4, 0.5) is 16.0 Å². The van der Waals surface area contributed by atoms with Gasteiger partial charge in [-0.1, -0.05) is 12.1 Å². The average Bonchev–Trinajstić information content (AvgIpc) is 3.00. The molecule has 0 amide bonds. The molecule has 0 bridgehead atoms. The van der Waals surface area contributed by atoms with Gasteiger partial charge in [-0.3, -0.25) is 4.68 Å². The summed E-state index contributed by atoms with van der Waals surface area (Å²) in [5, 5.41) is 13.3. The summed E-state index contributed by atoms with van der Waals surface area (Å²) >= 11 is 0. The van der Waals surface area contributed by atoms with E-state index in [1.54, 1.807) is 48.3 Å². The van der Waals surface area contributed by atoms with Gasteiger partial charge >= 0.3 is 5.97 Å². The lowest BCUT2D eigenvalue weighted by molar-refractivity contribution is 0.0697. The summed E-state index contributed by atoms with van der Waals surface area (Å²) < 4.78 is 14.8. The van der Waals surface area contributed by atoms with Crippen LogP contribution in [0, 0.1) is 5.82 Å². The van der Waals surface area contributed by atoms with Gasteiger partial charge in [0.05, 0.1) is 18.3 Å². The third kappa shape index (κ3) is 3.40. The van der Waals surface area contributed by atoms with Crippen LogP contribution in [0.3, 0.4) is 0 Å². The summed E-state index contributed by atoms with van der Waals surface area (Å²) in [6, 6.07) is 11.3. The third-order valence-corrected chi connectivity index (χ3v) is 3.51. The topological polar surface area (TPSA) is 71.2 Å². The van der Waals surface area contributed by atoms with Gasteiger partial charge in [0.1, 0.15) is 11.6 Å². The minimum Gasteiger partial charge on any atom is -0.478 e. The van der Waals surface area contributed by atoms with Gasteiger partial charge in [-0.05, 0) is 29.8 Å². The number of carboxylic acid groups (broad SMARTS) is 1. The Morgan fingerprint density at radius 1 is 1.17 bits per heavy atom. The zero-order valence-corrected chi connectivity index (χ0v) is 12.9. The maximum Gasteiger partial charge on any atom is 0.335 e. The Morgan fingerprint density at radius 3 is 2.46 bits per heavy atom. The van der Waals surface area contributed by atoms with Gasteiger partial charge in [0.2, 0.25) is 0 Å². The number of carbonyl (C=O) groups is 1. The van der Waals surface area contributed by atoms with E-state index in [1.165, 1.54) is 6.07 Å². The fourth-order valence-electron chi connectivity index (χ4n) is 2.29. The van der Waals surface area contributed by atoms with Crippen LogP contribution in [0.2, 0.25) is 0 Å². The maximum absolute atomic E-state index is 13.1. The van der Waals surface area contributed by atoms with Gasteiger partial charge < -0.3 is 10.0 Å². The molecule has 0 saturated heterocycles. The molecule has 0 spiro atoms. The highest BCUT2D eigenvalue weighted by molar-refractivity contribution is 5.87. The molecule has 3 rings (SSSR count). The van der Waals surface area contributed by atoms with Gasteiger partial charge in [0.25, 0.3) is 0 Å². The van der Waals surface area contributed by atoms with Crippen molar-refractivity contribution >= 4 is 17.6 Å². The number of pyridine rings is 1. The van der Waals surface area contributed by atoms with Crippen molar-refractivity contribution in [2.24, 2.45) is 7.05 Å². The maximum atomic E-state index is 13.1. The predicted molar refractivity (Wildman–Crippen MR) is 86.6 cm³/mol. The summed E-state index contributed by atoms with van der Waals surface area (Å²) in [6.45, 7) is 0.426. The zero-order valence-electron chi connectivity index (χ0n) is 12.9. The highest BCUT2D eigenvalue weighted by Gasteiger charge is 2.14. The van der Waals surface area contributed by atoms with Crippen molar-refractivity contribution in [2.45, 2.75) is 6.54 Å². The predicted octanol–water partition coefficient (Wildman–Crippen LogP) is 2.99. The van der Waals surface area contributed by atoms with Gasteiger partial charge in [0.15, 0.2) is 5.82 Å². The van der Waals surface area contributed by atoms with E-state index in [4.69, 9.17) is 5.11 Å². The van der Waals surface area contributed by atoms with Crippen LogP contribution in [0.1, 0.15) is 15.9 Å². The molecule has 0 saturated carbocycles. The number of carboxylic acids is 1. The van der Waals surface area contributed by atoms with Gasteiger partial charge in [0, 0.05) is 19.3 Å². The lowest BCUT2D eigenvalue weighted by Gasteiger charge is -2.21. The fourth-order valence-corrected chi connectivity index (χ4v) is 2.29. The molecule has 6 nitrogen and oxygen atoms in total. The van der Waals surface area contributed by atoms with Crippen molar-refractivity contribution in [3.63, 3.8) is 0 Å². The van der Waals surface area contributed by atoms with Crippen molar-refractivity contribution in [2.75, 3.05) is 4.90 Å². The van der Waals surface area contributed by atoms with E-state index >= 15 is 0 Å². The van der Waals surface area contributed by atoms with E-state index in [-0.39, 0.29) is 5.56 Å². The van der Waals surface area contributed by atoms with Crippen LogP contribution in [0.5, 0.6) is 0 Å². The van der Waals surface area contributed by atoms with Crippen LogP contribution in [0.25, 0.3) is 0 Å². The van der Waals surface area contributed by atoms with Crippen LogP contribution in [-0.2, 0) is 13.6 Å². The molecule has 2 aromatic heterocycles. The standard InChI is InChI=1S/C17H15FN4O2/c1-21-9-8-16(20-21)22(15-7-6-14(18)10-19-15)11-12-2-4-13(5-3-12)17(23)24/h2-10H,11H2,1H3,(H,23,24). The van der Waals surface area contributed by atoms with Crippen molar-refractivity contribution < 1.29 is 14.3 Å². The second-order valence-electron chi connectivity index (χ2n) is 5.27. The molecule has 0 aliphatic carbocycles. The van der Waals surface area contributed by atoms with E-state index in [0.717, 1.165) is 11.8 Å². The third-order valence-electron chi connectivity index (χ3n) is 3.51. The van der Waals surface area contributed by atoms with E-state index < -0.39 is 11.8 Å². The lowest BCUT2D eigenvalue weighted by atomic mass is 10.1. The van der Waals surface area contributed by atoms with Gasteiger partial charge in [-0.25, -0.2) is 14.2 Å². The van der Waals surface area contributed by atoms with E-state index in [0.29, 0.717) is 18.2 Å². The Bertz CT molecular complexity index is 844. The minimum atomic E-state index is -0.969. The molecule has 3 aromatic rings. The lowest BCUT2D eigenvalue weighted by Crippen LogP contribution is -2.18. The molecule has 1 N–H and O–H groups in total. The summed E-state index contributed by atoms with van der Waals surface area (Å²) in [6.07, 6.45) is 2.96. The van der Waals surface area contributed by atoms with Crippen molar-refractivity contribution in [3.8, 4) is 0 Å². The molecule has 0 aliphatic rings. The number of aromatic carboxylic acids is 1. The number of aromatic nitrogens is 3. The second kappa shape index (κ2) is 6.49. The zero-order chi connectivity index (χ0) is 17.1. The van der Waals surface area contributed by atoms with Crippen molar-refractivity contribution in [1.82, 2.24) is 14.8 Å². The van der Waals surface area contributed by atoms with Crippen LogP contribution in [0.15, 0.2) is 54.9 Å². The summed E-state index contributed by atoms with van der Waals surface area (Å²) in [5.74, 6) is -0.162. The van der Waals surface area contributed by atoms with Crippen LogP contribution < -0.4 is 4.90 Å². The summed E-state index contributed by atoms with van der Waals surface area (Å²) in [5.41, 5.74) is 1.11. The van der Waals surface area contributed by atoms with E-state index in [1.807, 2.05) is 11.0 Å². The molecule has 24 heavy (non-hydrogen) atoms. The van der Waals surface area contributed by atoms with Gasteiger partial charge in [-0.2, -0.15) is 5.10 Å². The molecule has 7 heteroatoms. The number of rotatable bonds is 5. The summed E-state index contributed by atoms with van der Waals surface area (Å²) in [7, 11) is 1.81. The first kappa shape index (κ1) is 15.7. The molecule has 0 radical (unpaired) electrons. The highest BCUT2D eigenvalue weighted by atomic mass is 19.1. The molecule has 0 fully saturated rings. The molecule has 0 aliphatic heterocycles. The molecule has 122 valence electrons. The number of halogens is 1.